The minimum atomic E-state index is -0.887. The first kappa shape index (κ1) is 30.1. The Labute approximate surface area is 267 Å². The van der Waals surface area contributed by atoms with E-state index in [0.717, 1.165) is 23.2 Å². The van der Waals surface area contributed by atoms with Crippen molar-refractivity contribution in [1.82, 2.24) is 20.2 Å². The number of hydrogen-bond acceptors (Lipinski definition) is 5. The summed E-state index contributed by atoms with van der Waals surface area (Å²) in [5, 5.41) is 7.03. The molecule has 0 saturated heterocycles. The molecular formula is C36H34ClN5O3. The Morgan fingerprint density at radius 1 is 0.933 bits per heavy atom. The van der Waals surface area contributed by atoms with Crippen molar-refractivity contribution in [3.05, 3.63) is 143 Å². The number of ether oxygens (including phenoxy) is 1. The zero-order chi connectivity index (χ0) is 31.2. The molecule has 6 rings (SSSR count). The van der Waals surface area contributed by atoms with Crippen LogP contribution in [0.4, 0.5) is 0 Å². The van der Waals surface area contributed by atoms with Crippen LogP contribution < -0.4 is 21.1 Å². The maximum Gasteiger partial charge on any atom is 0.255 e. The summed E-state index contributed by atoms with van der Waals surface area (Å²) in [7, 11) is 0. The fourth-order valence-electron chi connectivity index (χ4n) is 5.63. The van der Waals surface area contributed by atoms with Crippen molar-refractivity contribution in [1.29, 1.82) is 0 Å². The van der Waals surface area contributed by atoms with Crippen LogP contribution in [-0.2, 0) is 24.3 Å². The molecule has 4 aromatic carbocycles. The van der Waals surface area contributed by atoms with Crippen LogP contribution in [0.15, 0.2) is 110 Å². The Hall–Kier alpha value is -4.92. The van der Waals surface area contributed by atoms with Crippen molar-refractivity contribution < 1.29 is 14.3 Å². The number of para-hydroxylation sites is 1. The summed E-state index contributed by atoms with van der Waals surface area (Å²) in [5.41, 5.74) is 12.4. The van der Waals surface area contributed by atoms with Crippen LogP contribution in [0.25, 0.3) is 11.1 Å². The van der Waals surface area contributed by atoms with Gasteiger partial charge in [-0.3, -0.25) is 9.59 Å². The Morgan fingerprint density at radius 3 is 2.42 bits per heavy atom. The van der Waals surface area contributed by atoms with Crippen LogP contribution in [0.3, 0.4) is 0 Å². The van der Waals surface area contributed by atoms with Crippen molar-refractivity contribution in [3.8, 4) is 16.9 Å². The number of carbonyl (C=O) groups excluding carboxylic acids is 2. The number of hydrogen-bond donors (Lipinski definition) is 3. The van der Waals surface area contributed by atoms with Gasteiger partial charge < -0.3 is 25.7 Å². The molecule has 0 spiro atoms. The summed E-state index contributed by atoms with van der Waals surface area (Å²) in [4.78, 5) is 30.0. The van der Waals surface area contributed by atoms with Gasteiger partial charge in [-0.05, 0) is 40.5 Å². The van der Waals surface area contributed by atoms with Crippen molar-refractivity contribution >= 4 is 23.4 Å². The maximum absolute atomic E-state index is 13.4. The summed E-state index contributed by atoms with van der Waals surface area (Å²) in [6.07, 6.45) is 4.72. The van der Waals surface area contributed by atoms with E-state index < -0.39 is 17.9 Å². The summed E-state index contributed by atoms with van der Waals surface area (Å²) in [6, 6.07) is 30.6. The number of nitrogens with zero attached hydrogens (tertiary/aromatic N) is 2. The monoisotopic (exact) mass is 619 g/mol. The summed E-state index contributed by atoms with van der Waals surface area (Å²) in [5.74, 6) is -0.519. The molecule has 1 aliphatic heterocycles. The van der Waals surface area contributed by atoms with E-state index in [1.54, 1.807) is 18.2 Å². The molecule has 1 aliphatic rings. The molecule has 2 atom stereocenters. The van der Waals surface area contributed by atoms with Crippen LogP contribution in [-0.4, -0.2) is 34.0 Å². The topological polar surface area (TPSA) is 111 Å². The van der Waals surface area contributed by atoms with Crippen LogP contribution in [0.2, 0.25) is 5.02 Å². The third-order valence-corrected chi connectivity index (χ3v) is 8.31. The van der Waals surface area contributed by atoms with Crippen LogP contribution in [0.1, 0.15) is 45.2 Å². The van der Waals surface area contributed by atoms with Gasteiger partial charge in [0.05, 0.1) is 24.2 Å². The predicted octanol–water partition coefficient (Wildman–Crippen LogP) is 5.69. The van der Waals surface area contributed by atoms with E-state index in [1.165, 1.54) is 16.7 Å². The number of imidazole rings is 1. The molecule has 228 valence electrons. The van der Waals surface area contributed by atoms with Gasteiger partial charge in [-0.1, -0.05) is 90.5 Å². The number of nitrogens with one attached hydrogen (secondary N) is 2. The van der Waals surface area contributed by atoms with Crippen molar-refractivity contribution in [2.75, 3.05) is 6.61 Å². The first-order valence-electron chi connectivity index (χ1n) is 14.9. The molecule has 5 aromatic rings. The standard InChI is InChI=1S/C36H34ClN5O3/c37-28-15-11-24(12-16-28)19-33(35(38)43)41-36(44)31-8-4-7-30-32(17-18-45-34(30)31)40-21-29-20-39-23-42(29)22-25-9-13-27(14-10-25)26-5-2-1-3-6-26/h1-16,20,23,32-33,40H,17-19,21-22H2,(H2,38,43)(H,41,44)/t32?,33-/m0/s1. The molecule has 0 fully saturated rings. The zero-order valence-corrected chi connectivity index (χ0v) is 25.4. The minimum Gasteiger partial charge on any atom is -0.492 e. The molecule has 4 N–H and O–H groups in total. The average molecular weight is 620 g/mol. The van der Waals surface area contributed by atoms with E-state index in [-0.39, 0.29) is 12.5 Å². The molecule has 9 heteroatoms. The third kappa shape index (κ3) is 7.25. The van der Waals surface area contributed by atoms with E-state index in [9.17, 15) is 9.59 Å². The predicted molar refractivity (Wildman–Crippen MR) is 175 cm³/mol. The number of aromatic nitrogens is 2. The van der Waals surface area contributed by atoms with Gasteiger partial charge in [0.15, 0.2) is 0 Å². The zero-order valence-electron chi connectivity index (χ0n) is 24.7. The van der Waals surface area contributed by atoms with Crippen LogP contribution in [0.5, 0.6) is 5.75 Å². The van der Waals surface area contributed by atoms with Gasteiger partial charge >= 0.3 is 0 Å². The van der Waals surface area contributed by atoms with Crippen LogP contribution in [0, 0.1) is 0 Å². The highest BCUT2D eigenvalue weighted by molar-refractivity contribution is 6.30. The molecule has 0 saturated carbocycles. The number of nitrogens with two attached hydrogens (primary N) is 1. The first-order valence-corrected chi connectivity index (χ1v) is 15.3. The third-order valence-electron chi connectivity index (χ3n) is 8.06. The fourth-order valence-corrected chi connectivity index (χ4v) is 5.75. The van der Waals surface area contributed by atoms with Gasteiger partial charge in [-0.25, -0.2) is 4.98 Å². The second-order valence-electron chi connectivity index (χ2n) is 11.1. The fraction of sp³-hybridized carbons (Fsp3) is 0.194. The second kappa shape index (κ2) is 13.8. The van der Waals surface area contributed by atoms with Gasteiger partial charge in [0, 0.05) is 48.8 Å². The maximum atomic E-state index is 13.4. The lowest BCUT2D eigenvalue weighted by Gasteiger charge is -2.28. The Bertz CT molecular complexity index is 1770. The smallest absolute Gasteiger partial charge is 0.255 e. The van der Waals surface area contributed by atoms with Crippen LogP contribution >= 0.6 is 11.6 Å². The SMILES string of the molecule is NC(=O)[C@H](Cc1ccc(Cl)cc1)NC(=O)c1cccc2c1OCCC2NCc1cncn1Cc1ccc(-c2ccccc2)cc1. The number of amides is 2. The molecule has 45 heavy (non-hydrogen) atoms. The molecule has 2 amide bonds. The normalized spacial score (nSPS) is 14.6. The summed E-state index contributed by atoms with van der Waals surface area (Å²) >= 11 is 5.98. The summed E-state index contributed by atoms with van der Waals surface area (Å²) < 4.78 is 8.15. The number of rotatable bonds is 11. The van der Waals surface area contributed by atoms with Crippen molar-refractivity contribution in [2.45, 2.75) is 38.0 Å². The number of carbonyl (C=O) groups is 2. The Balaban J connectivity index is 1.11. The number of fused-ring (bicyclic) bond motifs is 1. The molecule has 0 bridgehead atoms. The second-order valence-corrected chi connectivity index (χ2v) is 11.6. The lowest BCUT2D eigenvalue weighted by molar-refractivity contribution is -0.119. The minimum absolute atomic E-state index is 0.0315. The first-order chi connectivity index (χ1) is 21.9. The van der Waals surface area contributed by atoms with Gasteiger partial charge in [0.1, 0.15) is 11.8 Å². The Morgan fingerprint density at radius 2 is 1.67 bits per heavy atom. The average Bonchev–Trinajstić information content (AvgIpc) is 3.51. The molecule has 8 nitrogen and oxygen atoms in total. The number of halogens is 1. The van der Waals surface area contributed by atoms with E-state index in [1.807, 2.05) is 55.0 Å². The molecule has 2 heterocycles. The molecule has 0 aliphatic carbocycles. The molecule has 1 aromatic heterocycles. The van der Waals surface area contributed by atoms with Crippen molar-refractivity contribution in [2.24, 2.45) is 5.73 Å². The Kier molecular flexibility index (Phi) is 9.24. The number of benzene rings is 4. The highest BCUT2D eigenvalue weighted by atomic mass is 35.5. The van der Waals surface area contributed by atoms with Gasteiger partial charge in [0.25, 0.3) is 5.91 Å². The van der Waals surface area contributed by atoms with E-state index in [0.29, 0.717) is 36.0 Å². The molecule has 0 radical (unpaired) electrons. The van der Waals surface area contributed by atoms with E-state index in [4.69, 9.17) is 22.1 Å². The summed E-state index contributed by atoms with van der Waals surface area (Å²) in [6.45, 7) is 1.75. The van der Waals surface area contributed by atoms with Gasteiger partial charge in [-0.2, -0.15) is 0 Å². The number of primary amides is 1. The lowest BCUT2D eigenvalue weighted by atomic mass is 9.96. The lowest BCUT2D eigenvalue weighted by Crippen LogP contribution is -2.46. The van der Waals surface area contributed by atoms with Gasteiger partial charge in [0.2, 0.25) is 5.91 Å². The van der Waals surface area contributed by atoms with E-state index >= 15 is 0 Å². The molecule has 1 unspecified atom stereocenters. The van der Waals surface area contributed by atoms with Crippen molar-refractivity contribution in [3.63, 3.8) is 0 Å². The highest BCUT2D eigenvalue weighted by Crippen LogP contribution is 2.35. The quantitative estimate of drug-likeness (QED) is 0.176. The largest absolute Gasteiger partial charge is 0.492 e. The van der Waals surface area contributed by atoms with E-state index in [2.05, 4.69) is 56.6 Å². The van der Waals surface area contributed by atoms with Gasteiger partial charge in [-0.15, -0.1) is 0 Å². The molecular weight excluding hydrogens is 586 g/mol. The highest BCUT2D eigenvalue weighted by Gasteiger charge is 2.28.